The van der Waals surface area contributed by atoms with E-state index in [0.29, 0.717) is 0 Å². The summed E-state index contributed by atoms with van der Waals surface area (Å²) in [7, 11) is 0. The minimum atomic E-state index is 0.261. The average molecular weight is 175 g/mol. The molecule has 0 saturated carbocycles. The second-order valence-electron chi connectivity index (χ2n) is 2.88. The van der Waals surface area contributed by atoms with E-state index in [1.165, 1.54) is 25.7 Å². The van der Waals surface area contributed by atoms with Gasteiger partial charge in [-0.15, -0.1) is 11.6 Å². The van der Waals surface area contributed by atoms with Crippen LogP contribution in [0.5, 0.6) is 0 Å². The van der Waals surface area contributed by atoms with Gasteiger partial charge in [-0.3, -0.25) is 0 Å². The molecule has 66 valence electrons. The molecule has 0 bridgehead atoms. The molecular formula is C10H19Cl. The number of alkyl halides is 1. The highest BCUT2D eigenvalue weighted by Crippen LogP contribution is 2.07. The molecule has 0 rings (SSSR count). The van der Waals surface area contributed by atoms with Crippen LogP contribution >= 0.6 is 11.6 Å². The molecule has 0 N–H and O–H groups in total. The normalized spacial score (nSPS) is 14.1. The van der Waals surface area contributed by atoms with Crippen molar-refractivity contribution < 1.29 is 0 Å². The first-order valence-corrected chi connectivity index (χ1v) is 5.05. The topological polar surface area (TPSA) is 0 Å². The van der Waals surface area contributed by atoms with Gasteiger partial charge >= 0.3 is 0 Å². The number of allylic oxidation sites excluding steroid dienone is 2. The molecule has 1 unspecified atom stereocenters. The van der Waals surface area contributed by atoms with Crippen LogP contribution in [0.1, 0.15) is 46.0 Å². The summed E-state index contributed by atoms with van der Waals surface area (Å²) in [6, 6.07) is 0. The van der Waals surface area contributed by atoms with Gasteiger partial charge in [-0.1, -0.05) is 45.3 Å². The van der Waals surface area contributed by atoms with Crippen molar-refractivity contribution in [1.29, 1.82) is 0 Å². The van der Waals surface area contributed by atoms with Crippen molar-refractivity contribution in [3.8, 4) is 0 Å². The molecular weight excluding hydrogens is 156 g/mol. The molecule has 0 saturated heterocycles. The van der Waals surface area contributed by atoms with E-state index in [1.807, 2.05) is 0 Å². The second kappa shape index (κ2) is 8.13. The summed E-state index contributed by atoms with van der Waals surface area (Å²) in [5.41, 5.74) is 0. The lowest BCUT2D eigenvalue weighted by atomic mass is 10.2. The van der Waals surface area contributed by atoms with E-state index in [1.54, 1.807) is 0 Å². The summed E-state index contributed by atoms with van der Waals surface area (Å²) in [6.45, 7) is 4.37. The molecule has 0 fully saturated rings. The smallest absolute Gasteiger partial charge is 0.0515 e. The summed E-state index contributed by atoms with van der Waals surface area (Å²) in [6.07, 6.45) is 10.3. The molecule has 0 aliphatic heterocycles. The predicted molar refractivity (Wildman–Crippen MR) is 53.2 cm³/mol. The second-order valence-corrected chi connectivity index (χ2v) is 3.44. The minimum Gasteiger partial charge on any atom is -0.118 e. The molecule has 0 aromatic carbocycles. The summed E-state index contributed by atoms with van der Waals surface area (Å²) in [5.74, 6) is 0. The molecule has 11 heavy (non-hydrogen) atoms. The third kappa shape index (κ3) is 7.93. The number of halogens is 1. The molecule has 1 atom stereocenters. The van der Waals surface area contributed by atoms with E-state index >= 15 is 0 Å². The standard InChI is InChI=1S/C10H19Cl/c1-3-5-6-7-9-10(11)8-4-2/h7,9-10H,3-6,8H2,1-2H3. The van der Waals surface area contributed by atoms with Crippen molar-refractivity contribution in [1.82, 2.24) is 0 Å². The molecule has 0 amide bonds. The Balaban J connectivity index is 3.24. The number of hydrogen-bond acceptors (Lipinski definition) is 0. The third-order valence-electron chi connectivity index (χ3n) is 1.63. The lowest BCUT2D eigenvalue weighted by Gasteiger charge is -1.99. The van der Waals surface area contributed by atoms with E-state index < -0.39 is 0 Å². The van der Waals surface area contributed by atoms with E-state index in [-0.39, 0.29) is 5.38 Å². The van der Waals surface area contributed by atoms with Gasteiger partial charge in [-0.2, -0.15) is 0 Å². The van der Waals surface area contributed by atoms with Gasteiger partial charge in [-0.05, 0) is 12.8 Å². The Morgan fingerprint density at radius 1 is 1.27 bits per heavy atom. The Bertz CT molecular complexity index is 97.0. The van der Waals surface area contributed by atoms with Gasteiger partial charge in [0.1, 0.15) is 0 Å². The Hall–Kier alpha value is 0.0300. The number of hydrogen-bond donors (Lipinski definition) is 0. The molecule has 0 heterocycles. The third-order valence-corrected chi connectivity index (χ3v) is 2.00. The highest BCUT2D eigenvalue weighted by Gasteiger charge is 1.94. The van der Waals surface area contributed by atoms with Crippen LogP contribution in [0.3, 0.4) is 0 Å². The van der Waals surface area contributed by atoms with Crippen LogP contribution in [0.15, 0.2) is 12.2 Å². The first-order valence-electron chi connectivity index (χ1n) is 4.62. The average Bonchev–Trinajstić information content (AvgIpc) is 1.99. The zero-order chi connectivity index (χ0) is 8.53. The molecule has 0 aliphatic rings. The van der Waals surface area contributed by atoms with Crippen molar-refractivity contribution in [2.75, 3.05) is 0 Å². The van der Waals surface area contributed by atoms with Crippen molar-refractivity contribution in [3.63, 3.8) is 0 Å². The van der Waals surface area contributed by atoms with Crippen molar-refractivity contribution in [3.05, 3.63) is 12.2 Å². The van der Waals surface area contributed by atoms with Crippen LogP contribution in [0, 0.1) is 0 Å². The SMILES string of the molecule is CCCCC=CC(Cl)CCC. The highest BCUT2D eigenvalue weighted by molar-refractivity contribution is 6.21. The van der Waals surface area contributed by atoms with Gasteiger partial charge in [0.25, 0.3) is 0 Å². The summed E-state index contributed by atoms with van der Waals surface area (Å²) >= 11 is 5.97. The Morgan fingerprint density at radius 2 is 2.00 bits per heavy atom. The van der Waals surface area contributed by atoms with Gasteiger partial charge in [0.2, 0.25) is 0 Å². The van der Waals surface area contributed by atoms with Crippen LogP contribution in [0.25, 0.3) is 0 Å². The predicted octanol–water partition coefficient (Wildman–Crippen LogP) is 4.14. The Morgan fingerprint density at radius 3 is 2.55 bits per heavy atom. The summed E-state index contributed by atoms with van der Waals surface area (Å²) in [4.78, 5) is 0. The fourth-order valence-corrected chi connectivity index (χ4v) is 1.26. The molecule has 0 spiro atoms. The van der Waals surface area contributed by atoms with Gasteiger partial charge in [-0.25, -0.2) is 0 Å². The van der Waals surface area contributed by atoms with Crippen LogP contribution in [0.2, 0.25) is 0 Å². The van der Waals surface area contributed by atoms with Crippen LogP contribution in [0.4, 0.5) is 0 Å². The summed E-state index contributed by atoms with van der Waals surface area (Å²) in [5, 5.41) is 0.261. The Labute approximate surface area is 75.6 Å². The maximum atomic E-state index is 5.97. The van der Waals surface area contributed by atoms with Crippen LogP contribution in [-0.2, 0) is 0 Å². The van der Waals surface area contributed by atoms with Crippen LogP contribution in [-0.4, -0.2) is 5.38 Å². The zero-order valence-electron chi connectivity index (χ0n) is 7.65. The maximum Gasteiger partial charge on any atom is 0.0515 e. The fraction of sp³-hybridized carbons (Fsp3) is 0.800. The summed E-state index contributed by atoms with van der Waals surface area (Å²) < 4.78 is 0. The van der Waals surface area contributed by atoms with Gasteiger partial charge in [0.05, 0.1) is 5.38 Å². The number of rotatable bonds is 6. The molecule has 0 aromatic heterocycles. The van der Waals surface area contributed by atoms with Crippen molar-refractivity contribution >= 4 is 11.6 Å². The molecule has 0 aliphatic carbocycles. The Kier molecular flexibility index (Phi) is 8.15. The van der Waals surface area contributed by atoms with Gasteiger partial charge < -0.3 is 0 Å². The largest absolute Gasteiger partial charge is 0.118 e. The molecule has 0 nitrogen and oxygen atoms in total. The molecule has 0 aromatic rings. The highest BCUT2D eigenvalue weighted by atomic mass is 35.5. The number of unbranched alkanes of at least 4 members (excludes halogenated alkanes) is 2. The van der Waals surface area contributed by atoms with Gasteiger partial charge in [0.15, 0.2) is 0 Å². The monoisotopic (exact) mass is 174 g/mol. The van der Waals surface area contributed by atoms with Crippen molar-refractivity contribution in [2.45, 2.75) is 51.3 Å². The van der Waals surface area contributed by atoms with Crippen LogP contribution < -0.4 is 0 Å². The first kappa shape index (κ1) is 11.0. The lowest BCUT2D eigenvalue weighted by molar-refractivity contribution is 0.796. The van der Waals surface area contributed by atoms with E-state index in [0.717, 1.165) is 6.42 Å². The first-order chi connectivity index (χ1) is 5.31. The van der Waals surface area contributed by atoms with E-state index in [2.05, 4.69) is 26.0 Å². The fourth-order valence-electron chi connectivity index (χ4n) is 0.938. The zero-order valence-corrected chi connectivity index (χ0v) is 8.40. The van der Waals surface area contributed by atoms with Gasteiger partial charge in [0, 0.05) is 0 Å². The quantitative estimate of drug-likeness (QED) is 0.323. The lowest BCUT2D eigenvalue weighted by Crippen LogP contribution is -1.90. The van der Waals surface area contributed by atoms with Crippen molar-refractivity contribution in [2.24, 2.45) is 0 Å². The van der Waals surface area contributed by atoms with E-state index in [4.69, 9.17) is 11.6 Å². The maximum absolute atomic E-state index is 5.97. The van der Waals surface area contributed by atoms with E-state index in [9.17, 15) is 0 Å². The molecule has 0 radical (unpaired) electrons. The molecule has 1 heteroatoms. The minimum absolute atomic E-state index is 0.261.